The SMILES string of the molecule is CC(=O)O[C@H]1C(=O)[C@]2(C)C=C[C@H]3OC[C@@]3(OC(C)=O)[C@H]2[C@H](OC(=O)c2ccccc2)[C@]2(O)CC(OC(=O)[C@H](O)[C@@H](NC(=O)NC(C)(C)C)c3ccccc3)=C(C)[C@H]1C2(C)C. The number of carbonyl (C=O) groups excluding carboxylic acids is 6. The second kappa shape index (κ2) is 15.9. The summed E-state index contributed by atoms with van der Waals surface area (Å²) in [6.07, 6.45) is -3.69. The zero-order valence-electron chi connectivity index (χ0n) is 35.3. The van der Waals surface area contributed by atoms with Crippen LogP contribution in [0, 0.1) is 22.7 Å². The molecule has 6 rings (SSSR count). The van der Waals surface area contributed by atoms with E-state index in [1.165, 1.54) is 19.1 Å². The Kier molecular flexibility index (Phi) is 11.7. The van der Waals surface area contributed by atoms with Crippen LogP contribution in [0.4, 0.5) is 4.79 Å². The number of nitrogens with one attached hydrogen (secondary N) is 2. The van der Waals surface area contributed by atoms with E-state index in [1.54, 1.807) is 109 Å². The third-order valence-electron chi connectivity index (χ3n) is 12.4. The normalized spacial score (nSPS) is 31.3. The van der Waals surface area contributed by atoms with Gasteiger partial charge in [0.05, 0.1) is 29.5 Å². The Hall–Kier alpha value is -5.38. The molecule has 322 valence electrons. The van der Waals surface area contributed by atoms with Crippen molar-refractivity contribution in [3.63, 3.8) is 0 Å². The molecule has 1 saturated carbocycles. The zero-order valence-corrected chi connectivity index (χ0v) is 35.3. The summed E-state index contributed by atoms with van der Waals surface area (Å²) in [5, 5.41) is 30.7. The fraction of sp³-hybridized carbons (Fsp3) is 0.511. The summed E-state index contributed by atoms with van der Waals surface area (Å²) in [5.74, 6) is -7.12. The van der Waals surface area contributed by atoms with Crippen LogP contribution in [0.5, 0.6) is 0 Å². The van der Waals surface area contributed by atoms with Crippen molar-refractivity contribution >= 4 is 35.7 Å². The van der Waals surface area contributed by atoms with Crippen molar-refractivity contribution < 1.29 is 62.7 Å². The van der Waals surface area contributed by atoms with E-state index in [9.17, 15) is 34.2 Å². The van der Waals surface area contributed by atoms with Gasteiger partial charge in [0.25, 0.3) is 0 Å². The number of ketones is 1. The average molecular weight is 831 g/mol. The smallest absolute Gasteiger partial charge is 0.342 e. The lowest BCUT2D eigenvalue weighted by Gasteiger charge is -2.65. The molecule has 2 aromatic carbocycles. The largest absolute Gasteiger partial charge is 0.455 e. The summed E-state index contributed by atoms with van der Waals surface area (Å²) < 4.78 is 30.3. The highest BCUT2D eigenvalue weighted by molar-refractivity contribution is 5.94. The molecule has 60 heavy (non-hydrogen) atoms. The van der Waals surface area contributed by atoms with Gasteiger partial charge in [0.1, 0.15) is 23.6 Å². The molecule has 0 spiro atoms. The van der Waals surface area contributed by atoms with E-state index >= 15 is 4.79 Å². The number of carbonyl (C=O) groups is 6. The van der Waals surface area contributed by atoms with Crippen LogP contribution in [-0.4, -0.2) is 93.7 Å². The Morgan fingerprint density at radius 3 is 2.08 bits per heavy atom. The summed E-state index contributed by atoms with van der Waals surface area (Å²) in [4.78, 5) is 82.8. The first-order chi connectivity index (χ1) is 28.0. The minimum atomic E-state index is -2.30. The number of ether oxygens (including phenoxy) is 5. The van der Waals surface area contributed by atoms with Crippen molar-refractivity contribution in [2.24, 2.45) is 22.7 Å². The molecule has 2 aromatic rings. The van der Waals surface area contributed by atoms with E-state index in [1.807, 2.05) is 0 Å². The van der Waals surface area contributed by atoms with Gasteiger partial charge in [-0.15, -0.1) is 0 Å². The van der Waals surface area contributed by atoms with Crippen LogP contribution in [0.1, 0.15) is 90.7 Å². The number of Topliss-reactive ketones (excluding diaryl/α,β-unsaturated/α-hetero) is 1. The molecule has 2 bridgehead atoms. The van der Waals surface area contributed by atoms with E-state index in [2.05, 4.69) is 10.6 Å². The summed E-state index contributed by atoms with van der Waals surface area (Å²) in [7, 11) is 0. The van der Waals surface area contributed by atoms with Crippen molar-refractivity contribution in [2.75, 3.05) is 6.61 Å². The third kappa shape index (κ3) is 7.74. The molecule has 15 nitrogen and oxygen atoms in total. The number of benzene rings is 2. The number of fused-ring (bicyclic) bond motifs is 5. The van der Waals surface area contributed by atoms with Crippen LogP contribution in [0.15, 0.2) is 84.1 Å². The monoisotopic (exact) mass is 830 g/mol. The lowest BCUT2D eigenvalue weighted by Crippen LogP contribution is -2.79. The molecule has 15 heteroatoms. The molecule has 4 aliphatic rings. The van der Waals surface area contributed by atoms with Crippen molar-refractivity contribution in [2.45, 2.75) is 116 Å². The Labute approximate surface area is 348 Å². The number of urea groups is 1. The summed E-state index contributed by atoms with van der Waals surface area (Å²) in [6, 6.07) is 14.3. The van der Waals surface area contributed by atoms with E-state index in [0.29, 0.717) is 5.56 Å². The maximum absolute atomic E-state index is 15.4. The first kappa shape index (κ1) is 44.2. The van der Waals surface area contributed by atoms with Crippen LogP contribution in [0.25, 0.3) is 0 Å². The minimum Gasteiger partial charge on any atom is -0.455 e. The van der Waals surface area contributed by atoms with Gasteiger partial charge in [0.2, 0.25) is 0 Å². The number of allylic oxidation sites excluding steroid dienone is 1. The topological polar surface area (TPSA) is 213 Å². The molecule has 4 N–H and O–H groups in total. The van der Waals surface area contributed by atoms with E-state index < -0.39 is 112 Å². The zero-order chi connectivity index (χ0) is 44.2. The van der Waals surface area contributed by atoms with E-state index in [0.717, 1.165) is 6.92 Å². The first-order valence-electron chi connectivity index (χ1n) is 19.9. The predicted octanol–water partition coefficient (Wildman–Crippen LogP) is 4.41. The molecule has 1 heterocycles. The Balaban J connectivity index is 1.52. The standard InChI is InChI=1S/C45H54N2O13/c1-24-29(58-39(53)33(50)32(27-16-12-10-13-17-27)46-40(54)47-41(4,5)6)22-45(55)37(59-38(52)28-18-14-11-15-19-28)35-43(9,21-20-30-44(35,23-56-30)60-26(3)49)36(51)34(57-25(2)48)31(24)42(45,7)8/h10-21,30-35,37,50,55H,22-23H2,1-9H3,(H2,46,47,54)/t30-,31-,32+,33-,34-,35+,37+,43-,44+,45-/m1/s1. The highest BCUT2D eigenvalue weighted by atomic mass is 16.6. The average Bonchev–Trinajstić information content (AvgIpc) is 3.15. The molecule has 10 atom stereocenters. The molecule has 2 fully saturated rings. The second-order valence-electron chi connectivity index (χ2n) is 18.0. The van der Waals surface area contributed by atoms with Crippen molar-refractivity contribution in [1.82, 2.24) is 10.6 Å². The number of aliphatic hydroxyl groups is 2. The highest BCUT2D eigenvalue weighted by Crippen LogP contribution is 2.64. The number of hydrogen-bond acceptors (Lipinski definition) is 13. The van der Waals surface area contributed by atoms with Crippen molar-refractivity contribution in [1.29, 1.82) is 0 Å². The fourth-order valence-corrected chi connectivity index (χ4v) is 9.54. The predicted molar refractivity (Wildman–Crippen MR) is 213 cm³/mol. The molecule has 0 unspecified atom stereocenters. The molecular weight excluding hydrogens is 776 g/mol. The molecule has 0 radical (unpaired) electrons. The van der Waals surface area contributed by atoms with Gasteiger partial charge in [-0.05, 0) is 57.9 Å². The van der Waals surface area contributed by atoms with Crippen LogP contribution >= 0.6 is 0 Å². The number of hydrogen-bond donors (Lipinski definition) is 4. The fourth-order valence-electron chi connectivity index (χ4n) is 9.54. The maximum Gasteiger partial charge on any atom is 0.342 e. The van der Waals surface area contributed by atoms with Crippen LogP contribution in [0.3, 0.4) is 0 Å². The maximum atomic E-state index is 15.4. The molecule has 0 aromatic heterocycles. The minimum absolute atomic E-state index is 0.116. The summed E-state index contributed by atoms with van der Waals surface area (Å²) in [5.41, 5.74) is -7.18. The number of esters is 4. The van der Waals surface area contributed by atoms with Gasteiger partial charge in [-0.3, -0.25) is 14.4 Å². The molecule has 1 saturated heterocycles. The summed E-state index contributed by atoms with van der Waals surface area (Å²) >= 11 is 0. The van der Waals surface area contributed by atoms with Gasteiger partial charge in [0, 0.05) is 37.1 Å². The van der Waals surface area contributed by atoms with Gasteiger partial charge in [-0.1, -0.05) is 74.5 Å². The number of aliphatic hydroxyl groups excluding tert-OH is 1. The van der Waals surface area contributed by atoms with Gasteiger partial charge >= 0.3 is 29.9 Å². The van der Waals surface area contributed by atoms with Gasteiger partial charge in [-0.2, -0.15) is 0 Å². The van der Waals surface area contributed by atoms with Gasteiger partial charge in [-0.25, -0.2) is 14.4 Å². The second-order valence-corrected chi connectivity index (χ2v) is 18.0. The molecule has 2 amide bonds. The van der Waals surface area contributed by atoms with E-state index in [-0.39, 0.29) is 23.5 Å². The van der Waals surface area contributed by atoms with E-state index in [4.69, 9.17) is 23.7 Å². The first-order valence-corrected chi connectivity index (χ1v) is 19.9. The lowest BCUT2D eigenvalue weighted by atomic mass is 9.45. The molecule has 1 aliphatic heterocycles. The molecular formula is C45H54N2O13. The summed E-state index contributed by atoms with van der Waals surface area (Å²) in [6.45, 7) is 13.7. The Bertz CT molecular complexity index is 2110. The highest BCUT2D eigenvalue weighted by Gasteiger charge is 2.76. The van der Waals surface area contributed by atoms with Gasteiger partial charge in [0.15, 0.2) is 23.6 Å². The van der Waals surface area contributed by atoms with Gasteiger partial charge < -0.3 is 44.5 Å². The lowest BCUT2D eigenvalue weighted by molar-refractivity contribution is -0.311. The third-order valence-corrected chi connectivity index (χ3v) is 12.4. The quantitative estimate of drug-likeness (QED) is 0.157. The Morgan fingerprint density at radius 1 is 0.917 bits per heavy atom. The van der Waals surface area contributed by atoms with Crippen molar-refractivity contribution in [3.8, 4) is 0 Å². The van der Waals surface area contributed by atoms with Crippen LogP contribution in [0.2, 0.25) is 0 Å². The van der Waals surface area contributed by atoms with Crippen molar-refractivity contribution in [3.05, 3.63) is 95.3 Å². The van der Waals surface area contributed by atoms with Crippen LogP contribution < -0.4 is 10.6 Å². The molecule has 3 aliphatic carbocycles. The number of rotatable bonds is 9. The Morgan fingerprint density at radius 2 is 1.53 bits per heavy atom. The van der Waals surface area contributed by atoms with Crippen LogP contribution in [-0.2, 0) is 42.9 Å². The number of amides is 2.